The van der Waals surface area contributed by atoms with Gasteiger partial charge in [0.15, 0.2) is 11.6 Å². The number of nitrogens with one attached hydrogen (secondary N) is 2. The number of amides is 1. The molecule has 0 spiro atoms. The van der Waals surface area contributed by atoms with Gasteiger partial charge in [0, 0.05) is 13.1 Å². The molecule has 1 unspecified atom stereocenters. The van der Waals surface area contributed by atoms with Crippen LogP contribution in [0.2, 0.25) is 0 Å². The van der Waals surface area contributed by atoms with Crippen molar-refractivity contribution in [3.8, 4) is 5.75 Å². The smallest absolute Gasteiger partial charge is 0.224 e. The number of piperidine rings is 1. The van der Waals surface area contributed by atoms with Crippen molar-refractivity contribution in [1.29, 1.82) is 0 Å². The molecule has 0 aromatic heterocycles. The van der Waals surface area contributed by atoms with Crippen LogP contribution in [0.4, 0.5) is 4.39 Å². The number of halogens is 2. The minimum atomic E-state index is -0.409. The maximum atomic E-state index is 13.5. The van der Waals surface area contributed by atoms with Crippen LogP contribution in [0.1, 0.15) is 18.4 Å². The van der Waals surface area contributed by atoms with Crippen LogP contribution in [0.15, 0.2) is 18.2 Å². The van der Waals surface area contributed by atoms with Crippen molar-refractivity contribution in [2.75, 3.05) is 20.2 Å². The van der Waals surface area contributed by atoms with Crippen LogP contribution >= 0.6 is 12.4 Å². The van der Waals surface area contributed by atoms with Crippen LogP contribution in [0, 0.1) is 11.7 Å². The van der Waals surface area contributed by atoms with E-state index in [4.69, 9.17) is 4.74 Å². The molecular weight excluding hydrogens is 283 g/mol. The van der Waals surface area contributed by atoms with Crippen LogP contribution in [-0.2, 0) is 11.3 Å². The average molecular weight is 303 g/mol. The summed E-state index contributed by atoms with van der Waals surface area (Å²) in [5, 5.41) is 6.05. The molecule has 1 fully saturated rings. The molecule has 1 aliphatic heterocycles. The molecule has 1 atom stereocenters. The molecule has 1 saturated heterocycles. The summed E-state index contributed by atoms with van der Waals surface area (Å²) in [7, 11) is 1.43. The largest absolute Gasteiger partial charge is 0.494 e. The van der Waals surface area contributed by atoms with Crippen LogP contribution < -0.4 is 15.4 Å². The normalized spacial score (nSPS) is 18.0. The molecule has 1 aromatic carbocycles. The summed E-state index contributed by atoms with van der Waals surface area (Å²) >= 11 is 0. The van der Waals surface area contributed by atoms with E-state index in [1.165, 1.54) is 13.2 Å². The maximum Gasteiger partial charge on any atom is 0.224 e. The summed E-state index contributed by atoms with van der Waals surface area (Å²) in [5.41, 5.74) is 0.732. The Morgan fingerprint density at radius 2 is 2.35 bits per heavy atom. The maximum absolute atomic E-state index is 13.5. The Hall–Kier alpha value is -1.33. The number of hydrogen-bond donors (Lipinski definition) is 2. The summed E-state index contributed by atoms with van der Waals surface area (Å²) in [4.78, 5) is 11.9. The van der Waals surface area contributed by atoms with Crippen LogP contribution in [-0.4, -0.2) is 26.1 Å². The highest BCUT2D eigenvalue weighted by molar-refractivity contribution is 5.85. The zero-order chi connectivity index (χ0) is 13.7. The molecule has 112 valence electrons. The van der Waals surface area contributed by atoms with Gasteiger partial charge < -0.3 is 15.4 Å². The average Bonchev–Trinajstić information content (AvgIpc) is 2.46. The summed E-state index contributed by atoms with van der Waals surface area (Å²) in [6.45, 7) is 2.05. The van der Waals surface area contributed by atoms with Gasteiger partial charge in [-0.25, -0.2) is 4.39 Å². The van der Waals surface area contributed by atoms with Crippen molar-refractivity contribution < 1.29 is 13.9 Å². The third-order valence-electron chi connectivity index (χ3n) is 3.35. The Balaban J connectivity index is 0.00000200. The molecule has 1 amide bonds. The highest BCUT2D eigenvalue weighted by atomic mass is 35.5. The van der Waals surface area contributed by atoms with Gasteiger partial charge in [0.2, 0.25) is 5.91 Å². The van der Waals surface area contributed by atoms with Gasteiger partial charge in [0.05, 0.1) is 13.0 Å². The summed E-state index contributed by atoms with van der Waals surface area (Å²) in [6, 6.07) is 4.71. The van der Waals surface area contributed by atoms with E-state index in [0.717, 1.165) is 31.5 Å². The first-order valence-electron chi connectivity index (χ1n) is 6.51. The number of methoxy groups -OCH3 is 1. The van der Waals surface area contributed by atoms with E-state index in [1.807, 2.05) is 0 Å². The van der Waals surface area contributed by atoms with Crippen LogP contribution in [0.3, 0.4) is 0 Å². The Morgan fingerprint density at radius 1 is 1.55 bits per heavy atom. The van der Waals surface area contributed by atoms with Gasteiger partial charge in [-0.3, -0.25) is 4.79 Å². The zero-order valence-corrected chi connectivity index (χ0v) is 12.3. The van der Waals surface area contributed by atoms with E-state index in [0.29, 0.717) is 6.54 Å². The fraction of sp³-hybridized carbons (Fsp3) is 0.500. The number of benzene rings is 1. The van der Waals surface area contributed by atoms with Gasteiger partial charge >= 0.3 is 0 Å². The monoisotopic (exact) mass is 302 g/mol. The minimum Gasteiger partial charge on any atom is -0.494 e. The second-order valence-electron chi connectivity index (χ2n) is 4.73. The lowest BCUT2D eigenvalue weighted by Gasteiger charge is -2.21. The lowest BCUT2D eigenvalue weighted by molar-refractivity contribution is -0.125. The lowest BCUT2D eigenvalue weighted by Crippen LogP contribution is -2.40. The fourth-order valence-electron chi connectivity index (χ4n) is 2.23. The molecule has 20 heavy (non-hydrogen) atoms. The molecule has 1 aliphatic rings. The number of carbonyl (C=O) groups excluding carboxylic acids is 1. The number of hydrogen-bond acceptors (Lipinski definition) is 3. The molecule has 1 aromatic rings. The van der Waals surface area contributed by atoms with E-state index in [-0.39, 0.29) is 30.0 Å². The highest BCUT2D eigenvalue weighted by Gasteiger charge is 2.20. The number of carbonyl (C=O) groups is 1. The van der Waals surface area contributed by atoms with E-state index < -0.39 is 5.82 Å². The molecule has 0 bridgehead atoms. The SMILES string of the molecule is COc1ccc(CNC(=O)C2CCCNC2)cc1F.Cl. The Kier molecular flexibility index (Phi) is 6.75. The minimum absolute atomic E-state index is 0. The quantitative estimate of drug-likeness (QED) is 0.893. The van der Waals surface area contributed by atoms with Crippen molar-refractivity contribution in [3.63, 3.8) is 0 Å². The van der Waals surface area contributed by atoms with Gasteiger partial charge in [-0.05, 0) is 37.1 Å². The second-order valence-corrected chi connectivity index (χ2v) is 4.73. The van der Waals surface area contributed by atoms with Crippen molar-refractivity contribution in [1.82, 2.24) is 10.6 Å². The first-order valence-corrected chi connectivity index (χ1v) is 6.51. The molecular formula is C14H20ClFN2O2. The summed E-state index contributed by atoms with van der Waals surface area (Å²) in [5.74, 6) is -0.139. The molecule has 0 radical (unpaired) electrons. The second kappa shape index (κ2) is 8.07. The molecule has 1 heterocycles. The summed E-state index contributed by atoms with van der Waals surface area (Å²) < 4.78 is 18.3. The lowest BCUT2D eigenvalue weighted by atomic mass is 9.99. The van der Waals surface area contributed by atoms with Crippen molar-refractivity contribution in [3.05, 3.63) is 29.6 Å². The Morgan fingerprint density at radius 3 is 2.95 bits per heavy atom. The molecule has 2 N–H and O–H groups in total. The zero-order valence-electron chi connectivity index (χ0n) is 11.4. The Labute approximate surface area is 124 Å². The van der Waals surface area contributed by atoms with Crippen LogP contribution in [0.5, 0.6) is 5.75 Å². The molecule has 0 aliphatic carbocycles. The van der Waals surface area contributed by atoms with Crippen molar-refractivity contribution in [2.45, 2.75) is 19.4 Å². The van der Waals surface area contributed by atoms with Crippen LogP contribution in [0.25, 0.3) is 0 Å². The third-order valence-corrected chi connectivity index (χ3v) is 3.35. The topological polar surface area (TPSA) is 50.4 Å². The number of rotatable bonds is 4. The molecule has 0 saturated carbocycles. The number of ether oxygens (including phenoxy) is 1. The highest BCUT2D eigenvalue weighted by Crippen LogP contribution is 2.17. The van der Waals surface area contributed by atoms with Gasteiger partial charge in [0.25, 0.3) is 0 Å². The first-order chi connectivity index (χ1) is 9.20. The van der Waals surface area contributed by atoms with Crippen molar-refractivity contribution >= 4 is 18.3 Å². The van der Waals surface area contributed by atoms with Gasteiger partial charge in [0.1, 0.15) is 0 Å². The van der Waals surface area contributed by atoms with E-state index in [2.05, 4.69) is 10.6 Å². The van der Waals surface area contributed by atoms with E-state index in [1.54, 1.807) is 12.1 Å². The third kappa shape index (κ3) is 4.35. The standard InChI is InChI=1S/C14H19FN2O2.ClH/c1-19-13-5-4-10(7-12(13)15)8-17-14(18)11-3-2-6-16-9-11;/h4-5,7,11,16H,2-3,6,8-9H2,1H3,(H,17,18);1H. The molecule has 6 heteroatoms. The van der Waals surface area contributed by atoms with Gasteiger partial charge in [-0.15, -0.1) is 12.4 Å². The van der Waals surface area contributed by atoms with Crippen molar-refractivity contribution in [2.24, 2.45) is 5.92 Å². The van der Waals surface area contributed by atoms with E-state index >= 15 is 0 Å². The molecule has 4 nitrogen and oxygen atoms in total. The first kappa shape index (κ1) is 16.7. The fourth-order valence-corrected chi connectivity index (χ4v) is 2.23. The van der Waals surface area contributed by atoms with Gasteiger partial charge in [-0.2, -0.15) is 0 Å². The predicted molar refractivity (Wildman–Crippen MR) is 77.6 cm³/mol. The summed E-state index contributed by atoms with van der Waals surface area (Å²) in [6.07, 6.45) is 1.94. The Bertz CT molecular complexity index is 451. The van der Waals surface area contributed by atoms with E-state index in [9.17, 15) is 9.18 Å². The predicted octanol–water partition coefficient (Wildman–Crippen LogP) is 1.87. The molecule has 2 rings (SSSR count). The van der Waals surface area contributed by atoms with Gasteiger partial charge in [-0.1, -0.05) is 6.07 Å².